The number of hydrogen-bond donors (Lipinski definition) is 2. The van der Waals surface area contributed by atoms with Crippen LogP contribution in [0.15, 0.2) is 27.6 Å². The Morgan fingerprint density at radius 1 is 1.50 bits per heavy atom. The molecular formula is C10H14BrNO3S. The predicted molar refractivity (Wildman–Crippen MR) is 65.7 cm³/mol. The van der Waals surface area contributed by atoms with E-state index in [4.69, 9.17) is 5.11 Å². The maximum absolute atomic E-state index is 11.9. The Morgan fingerprint density at radius 2 is 2.12 bits per heavy atom. The fourth-order valence-electron chi connectivity index (χ4n) is 1.28. The van der Waals surface area contributed by atoms with E-state index in [1.165, 1.54) is 6.07 Å². The van der Waals surface area contributed by atoms with Crippen LogP contribution in [-0.2, 0) is 10.0 Å². The fourth-order valence-corrected chi connectivity index (χ4v) is 3.22. The quantitative estimate of drug-likeness (QED) is 0.884. The molecule has 0 saturated carbocycles. The monoisotopic (exact) mass is 307 g/mol. The van der Waals surface area contributed by atoms with E-state index in [0.29, 0.717) is 5.56 Å². The van der Waals surface area contributed by atoms with Crippen molar-refractivity contribution in [3.8, 4) is 0 Å². The second kappa shape index (κ2) is 5.27. The van der Waals surface area contributed by atoms with E-state index >= 15 is 0 Å². The highest BCUT2D eigenvalue weighted by atomic mass is 79.9. The molecule has 0 aliphatic carbocycles. The Kier molecular flexibility index (Phi) is 4.49. The molecule has 0 saturated heterocycles. The Labute approximate surface area is 104 Å². The van der Waals surface area contributed by atoms with E-state index in [1.807, 2.05) is 0 Å². The van der Waals surface area contributed by atoms with Gasteiger partial charge in [-0.3, -0.25) is 0 Å². The Bertz CT molecular complexity index is 473. The Hall–Kier alpha value is -0.430. The Balaban J connectivity index is 3.08. The number of rotatable bonds is 4. The van der Waals surface area contributed by atoms with Crippen molar-refractivity contribution in [3.63, 3.8) is 0 Å². The number of sulfonamides is 1. The molecule has 1 rings (SSSR count). The van der Waals surface area contributed by atoms with Gasteiger partial charge < -0.3 is 5.11 Å². The van der Waals surface area contributed by atoms with Crippen LogP contribution in [0.1, 0.15) is 12.5 Å². The summed E-state index contributed by atoms with van der Waals surface area (Å²) in [4.78, 5) is 0.232. The van der Waals surface area contributed by atoms with E-state index in [1.54, 1.807) is 26.0 Å². The zero-order valence-electron chi connectivity index (χ0n) is 9.07. The summed E-state index contributed by atoms with van der Waals surface area (Å²) in [5.74, 6) is 0. The first-order valence-electron chi connectivity index (χ1n) is 4.76. The SMILES string of the molecule is Cc1cc(Br)ccc1S(=O)(=O)N[C@@H](C)CO. The summed E-state index contributed by atoms with van der Waals surface area (Å²) in [6, 6.07) is 4.45. The molecule has 0 spiro atoms. The van der Waals surface area contributed by atoms with Gasteiger partial charge in [0.15, 0.2) is 0 Å². The van der Waals surface area contributed by atoms with E-state index in [0.717, 1.165) is 4.47 Å². The average Bonchev–Trinajstić information content (AvgIpc) is 2.16. The number of nitrogens with one attached hydrogen (secondary N) is 1. The molecule has 0 bridgehead atoms. The van der Waals surface area contributed by atoms with Crippen molar-refractivity contribution in [1.82, 2.24) is 4.72 Å². The number of aliphatic hydroxyl groups excluding tert-OH is 1. The molecule has 90 valence electrons. The third-order valence-corrected chi connectivity index (χ3v) is 4.30. The molecule has 0 fully saturated rings. The molecule has 0 aliphatic heterocycles. The van der Waals surface area contributed by atoms with Gasteiger partial charge in [-0.05, 0) is 37.6 Å². The van der Waals surface area contributed by atoms with Gasteiger partial charge in [0.25, 0.3) is 0 Å². The number of aryl methyl sites for hydroxylation is 1. The topological polar surface area (TPSA) is 66.4 Å². The van der Waals surface area contributed by atoms with E-state index < -0.39 is 16.1 Å². The maximum Gasteiger partial charge on any atom is 0.241 e. The largest absolute Gasteiger partial charge is 0.395 e. The molecule has 0 radical (unpaired) electrons. The fraction of sp³-hybridized carbons (Fsp3) is 0.400. The minimum absolute atomic E-state index is 0.227. The van der Waals surface area contributed by atoms with Gasteiger partial charge >= 0.3 is 0 Å². The molecule has 4 nitrogen and oxygen atoms in total. The summed E-state index contributed by atoms with van der Waals surface area (Å²) < 4.78 is 27.0. The van der Waals surface area contributed by atoms with Gasteiger partial charge in [0.1, 0.15) is 0 Å². The minimum Gasteiger partial charge on any atom is -0.395 e. The molecule has 6 heteroatoms. The van der Waals surface area contributed by atoms with E-state index in [9.17, 15) is 8.42 Å². The predicted octanol–water partition coefficient (Wildman–Crippen LogP) is 1.42. The lowest BCUT2D eigenvalue weighted by Crippen LogP contribution is -2.35. The highest BCUT2D eigenvalue weighted by Crippen LogP contribution is 2.19. The molecule has 1 atom stereocenters. The molecule has 0 aliphatic rings. The number of hydrogen-bond acceptors (Lipinski definition) is 3. The van der Waals surface area contributed by atoms with Crippen LogP contribution in [0.25, 0.3) is 0 Å². The van der Waals surface area contributed by atoms with Crippen LogP contribution >= 0.6 is 15.9 Å². The van der Waals surface area contributed by atoms with Crippen molar-refractivity contribution >= 4 is 26.0 Å². The van der Waals surface area contributed by atoms with Crippen LogP contribution in [0, 0.1) is 6.92 Å². The average molecular weight is 308 g/mol. The first-order valence-corrected chi connectivity index (χ1v) is 7.04. The van der Waals surface area contributed by atoms with Gasteiger partial charge in [-0.2, -0.15) is 0 Å². The van der Waals surface area contributed by atoms with Crippen LogP contribution in [0.3, 0.4) is 0 Å². The van der Waals surface area contributed by atoms with Gasteiger partial charge in [0.05, 0.1) is 11.5 Å². The van der Waals surface area contributed by atoms with Gasteiger partial charge in [-0.1, -0.05) is 15.9 Å². The van der Waals surface area contributed by atoms with Crippen LogP contribution in [-0.4, -0.2) is 26.2 Å². The zero-order valence-corrected chi connectivity index (χ0v) is 11.5. The van der Waals surface area contributed by atoms with Crippen molar-refractivity contribution in [1.29, 1.82) is 0 Å². The molecule has 0 amide bonds. The van der Waals surface area contributed by atoms with Crippen molar-refractivity contribution < 1.29 is 13.5 Å². The lowest BCUT2D eigenvalue weighted by atomic mass is 10.2. The first kappa shape index (κ1) is 13.6. The molecule has 1 aromatic carbocycles. The maximum atomic E-state index is 11.9. The second-order valence-electron chi connectivity index (χ2n) is 3.61. The van der Waals surface area contributed by atoms with Crippen molar-refractivity contribution in [3.05, 3.63) is 28.2 Å². The molecule has 1 aromatic rings. The molecule has 0 aromatic heterocycles. The Morgan fingerprint density at radius 3 is 2.62 bits per heavy atom. The van der Waals surface area contributed by atoms with Crippen LogP contribution < -0.4 is 4.72 Å². The van der Waals surface area contributed by atoms with Crippen LogP contribution in [0.4, 0.5) is 0 Å². The molecule has 0 heterocycles. The molecule has 2 N–H and O–H groups in total. The third-order valence-electron chi connectivity index (χ3n) is 2.06. The van der Waals surface area contributed by atoms with Crippen molar-refractivity contribution in [2.24, 2.45) is 0 Å². The van der Waals surface area contributed by atoms with Gasteiger partial charge in [-0.25, -0.2) is 13.1 Å². The smallest absolute Gasteiger partial charge is 0.241 e. The summed E-state index contributed by atoms with van der Waals surface area (Å²) in [6.07, 6.45) is 0. The zero-order chi connectivity index (χ0) is 12.3. The third kappa shape index (κ3) is 3.28. The van der Waals surface area contributed by atoms with Crippen LogP contribution in [0.2, 0.25) is 0 Å². The number of benzene rings is 1. The standard InChI is InChI=1S/C10H14BrNO3S/c1-7-5-9(11)3-4-10(7)16(14,15)12-8(2)6-13/h3-5,8,12-13H,6H2,1-2H3/t8-/m0/s1. The highest BCUT2D eigenvalue weighted by Gasteiger charge is 2.18. The van der Waals surface area contributed by atoms with Crippen molar-refractivity contribution in [2.75, 3.05) is 6.61 Å². The molecule has 16 heavy (non-hydrogen) atoms. The summed E-state index contributed by atoms with van der Waals surface area (Å²) in [7, 11) is -3.55. The summed E-state index contributed by atoms with van der Waals surface area (Å²) >= 11 is 3.27. The molecular weight excluding hydrogens is 294 g/mol. The second-order valence-corrected chi connectivity index (χ2v) is 6.21. The lowest BCUT2D eigenvalue weighted by Gasteiger charge is -2.13. The number of aliphatic hydroxyl groups is 1. The number of halogens is 1. The van der Waals surface area contributed by atoms with Crippen LogP contribution in [0.5, 0.6) is 0 Å². The molecule has 0 unspecified atom stereocenters. The van der Waals surface area contributed by atoms with Gasteiger partial charge in [0, 0.05) is 10.5 Å². The van der Waals surface area contributed by atoms with E-state index in [2.05, 4.69) is 20.7 Å². The summed E-state index contributed by atoms with van der Waals surface area (Å²) in [5, 5.41) is 8.82. The lowest BCUT2D eigenvalue weighted by molar-refractivity contribution is 0.265. The van der Waals surface area contributed by atoms with Gasteiger partial charge in [0.2, 0.25) is 10.0 Å². The van der Waals surface area contributed by atoms with E-state index in [-0.39, 0.29) is 11.5 Å². The summed E-state index contributed by atoms with van der Waals surface area (Å²) in [6.45, 7) is 3.10. The van der Waals surface area contributed by atoms with Crippen molar-refractivity contribution in [2.45, 2.75) is 24.8 Å². The first-order chi connectivity index (χ1) is 7.36. The van der Waals surface area contributed by atoms with Gasteiger partial charge in [-0.15, -0.1) is 0 Å². The highest BCUT2D eigenvalue weighted by molar-refractivity contribution is 9.10. The normalized spacial score (nSPS) is 13.8. The summed E-state index contributed by atoms with van der Waals surface area (Å²) in [5.41, 5.74) is 0.659. The minimum atomic E-state index is -3.55.